The maximum absolute atomic E-state index is 11.3. The second-order valence-electron chi connectivity index (χ2n) is 4.59. The van der Waals surface area contributed by atoms with Crippen LogP contribution in [-0.2, 0) is 9.47 Å². The molecule has 18 heavy (non-hydrogen) atoms. The molecule has 4 nitrogen and oxygen atoms in total. The smallest absolute Gasteiger partial charge is 0.428 e. The lowest BCUT2D eigenvalue weighted by Crippen LogP contribution is -2.23. The highest BCUT2D eigenvalue weighted by molar-refractivity contribution is 5.77. The second kappa shape index (κ2) is 5.87. The van der Waals surface area contributed by atoms with Crippen LogP contribution in [-0.4, -0.2) is 11.8 Å². The van der Waals surface area contributed by atoms with Gasteiger partial charge in [-0.3, -0.25) is 0 Å². The van der Waals surface area contributed by atoms with Gasteiger partial charge in [0.2, 0.25) is 0 Å². The molecule has 0 fully saturated rings. The van der Waals surface area contributed by atoms with Gasteiger partial charge in [-0.15, -0.1) is 0 Å². The predicted octanol–water partition coefficient (Wildman–Crippen LogP) is 3.50. The fraction of sp³-hybridized carbons (Fsp3) is 0.286. The Morgan fingerprint density at radius 2 is 1.89 bits per heavy atom. The molecule has 0 saturated carbocycles. The first-order chi connectivity index (χ1) is 8.42. The van der Waals surface area contributed by atoms with E-state index in [-0.39, 0.29) is 5.57 Å². The van der Waals surface area contributed by atoms with Crippen LogP contribution in [0.15, 0.2) is 36.6 Å². The van der Waals surface area contributed by atoms with Gasteiger partial charge in [-0.2, -0.15) is 5.26 Å². The molecule has 0 aliphatic rings. The van der Waals surface area contributed by atoms with Crippen LogP contribution in [0.5, 0.6) is 0 Å². The van der Waals surface area contributed by atoms with E-state index < -0.39 is 11.8 Å². The third-order valence-electron chi connectivity index (χ3n) is 1.87. The van der Waals surface area contributed by atoms with Gasteiger partial charge < -0.3 is 9.47 Å². The number of nitriles is 1. The summed E-state index contributed by atoms with van der Waals surface area (Å²) >= 11 is 0. The van der Waals surface area contributed by atoms with E-state index in [1.54, 1.807) is 45.0 Å². The molecule has 0 bridgehead atoms. The normalized spacial score (nSPS) is 11.6. The summed E-state index contributed by atoms with van der Waals surface area (Å²) in [6, 6.07) is 10.9. The second-order valence-corrected chi connectivity index (χ2v) is 4.59. The summed E-state index contributed by atoms with van der Waals surface area (Å²) in [4.78, 5) is 11.3. The Bertz CT molecular complexity index is 478. The lowest BCUT2D eigenvalue weighted by molar-refractivity contribution is 0.0112. The van der Waals surface area contributed by atoms with Crippen LogP contribution in [0.1, 0.15) is 26.3 Å². The lowest BCUT2D eigenvalue weighted by Gasteiger charge is -2.17. The number of ether oxygens (including phenoxy) is 2. The summed E-state index contributed by atoms with van der Waals surface area (Å²) in [6.45, 7) is 5.21. The van der Waals surface area contributed by atoms with E-state index in [1.807, 2.05) is 12.1 Å². The Labute approximate surface area is 106 Å². The van der Waals surface area contributed by atoms with Crippen LogP contribution in [0.2, 0.25) is 0 Å². The van der Waals surface area contributed by atoms with Crippen LogP contribution < -0.4 is 0 Å². The molecule has 0 amide bonds. The minimum absolute atomic E-state index is 0.265. The molecule has 1 aromatic carbocycles. The van der Waals surface area contributed by atoms with Crippen molar-refractivity contribution >= 4 is 11.7 Å². The molecule has 0 N–H and O–H groups in total. The number of allylic oxidation sites excluding steroid dienone is 1. The molecule has 0 saturated heterocycles. The van der Waals surface area contributed by atoms with Gasteiger partial charge in [0.05, 0.1) is 5.57 Å². The van der Waals surface area contributed by atoms with E-state index in [9.17, 15) is 4.79 Å². The van der Waals surface area contributed by atoms with Crippen molar-refractivity contribution < 1.29 is 14.3 Å². The van der Waals surface area contributed by atoms with Gasteiger partial charge >= 0.3 is 6.16 Å². The van der Waals surface area contributed by atoms with Crippen molar-refractivity contribution in [2.75, 3.05) is 0 Å². The monoisotopic (exact) mass is 245 g/mol. The number of carbonyl (C=O) groups excluding carboxylic acids is 1. The summed E-state index contributed by atoms with van der Waals surface area (Å²) in [6.07, 6.45) is 0.273. The van der Waals surface area contributed by atoms with E-state index in [0.717, 1.165) is 6.26 Å². The zero-order valence-corrected chi connectivity index (χ0v) is 10.6. The van der Waals surface area contributed by atoms with Crippen molar-refractivity contribution in [3.05, 3.63) is 42.2 Å². The van der Waals surface area contributed by atoms with Gasteiger partial charge in [0, 0.05) is 0 Å². The van der Waals surface area contributed by atoms with Gasteiger partial charge in [-0.1, -0.05) is 30.3 Å². The van der Waals surface area contributed by atoms with Crippen molar-refractivity contribution in [3.8, 4) is 6.07 Å². The average Bonchev–Trinajstić information content (AvgIpc) is 2.29. The molecule has 0 unspecified atom stereocenters. The topological polar surface area (TPSA) is 59.3 Å². The number of hydrogen-bond donors (Lipinski definition) is 0. The minimum Gasteiger partial charge on any atom is -0.428 e. The largest absolute Gasteiger partial charge is 0.513 e. The highest BCUT2D eigenvalue weighted by Gasteiger charge is 2.17. The van der Waals surface area contributed by atoms with E-state index in [1.165, 1.54) is 0 Å². The molecular weight excluding hydrogens is 230 g/mol. The number of hydrogen-bond acceptors (Lipinski definition) is 4. The van der Waals surface area contributed by atoms with Crippen LogP contribution in [0.4, 0.5) is 4.79 Å². The molecule has 1 rings (SSSR count). The van der Waals surface area contributed by atoms with E-state index in [2.05, 4.69) is 0 Å². The number of nitrogens with zero attached hydrogens (tertiary/aromatic N) is 1. The standard InChI is InChI=1S/C14H15NO3/c1-14(2,3)18-13(16)17-10-12(9-15)11-7-5-4-6-8-11/h4-8,10H,1-3H3/b12-10+. The summed E-state index contributed by atoms with van der Waals surface area (Å²) < 4.78 is 9.73. The molecule has 0 aliphatic carbocycles. The van der Waals surface area contributed by atoms with E-state index in [4.69, 9.17) is 14.7 Å². The highest BCUT2D eigenvalue weighted by Crippen LogP contribution is 2.14. The predicted molar refractivity (Wildman–Crippen MR) is 67.4 cm³/mol. The zero-order chi connectivity index (χ0) is 13.6. The Morgan fingerprint density at radius 3 is 2.39 bits per heavy atom. The molecule has 0 spiro atoms. The summed E-state index contributed by atoms with van der Waals surface area (Å²) in [5.74, 6) is 0. The van der Waals surface area contributed by atoms with Gasteiger partial charge in [0.25, 0.3) is 0 Å². The first-order valence-electron chi connectivity index (χ1n) is 5.48. The fourth-order valence-electron chi connectivity index (χ4n) is 1.16. The molecule has 0 aromatic heterocycles. The first kappa shape index (κ1) is 13.8. The Hall–Kier alpha value is -2.28. The van der Waals surface area contributed by atoms with Crippen molar-refractivity contribution in [3.63, 3.8) is 0 Å². The zero-order valence-electron chi connectivity index (χ0n) is 10.6. The van der Waals surface area contributed by atoms with Gasteiger partial charge in [0.15, 0.2) is 0 Å². The molecule has 0 aliphatic heterocycles. The van der Waals surface area contributed by atoms with Crippen LogP contribution in [0, 0.1) is 11.3 Å². The molecule has 0 atom stereocenters. The molecule has 0 radical (unpaired) electrons. The fourth-order valence-corrected chi connectivity index (χ4v) is 1.16. The SMILES string of the molecule is CC(C)(C)OC(=O)O/C=C(\C#N)c1ccccc1. The van der Waals surface area contributed by atoms with Crippen molar-refractivity contribution in [2.45, 2.75) is 26.4 Å². The average molecular weight is 245 g/mol. The Kier molecular flexibility index (Phi) is 4.50. The third-order valence-corrected chi connectivity index (χ3v) is 1.87. The maximum atomic E-state index is 11.3. The Balaban J connectivity index is 2.71. The molecule has 0 heterocycles. The molecule has 1 aromatic rings. The van der Waals surface area contributed by atoms with Crippen LogP contribution in [0.25, 0.3) is 5.57 Å². The molecule has 94 valence electrons. The van der Waals surface area contributed by atoms with Crippen molar-refractivity contribution in [1.29, 1.82) is 5.26 Å². The van der Waals surface area contributed by atoms with Gasteiger partial charge in [-0.05, 0) is 26.3 Å². The van der Waals surface area contributed by atoms with E-state index >= 15 is 0 Å². The molecular formula is C14H15NO3. The van der Waals surface area contributed by atoms with Gasteiger partial charge in [0.1, 0.15) is 17.9 Å². The number of carbonyl (C=O) groups is 1. The number of rotatable bonds is 2. The molecule has 4 heteroatoms. The van der Waals surface area contributed by atoms with E-state index in [0.29, 0.717) is 5.56 Å². The maximum Gasteiger partial charge on any atom is 0.513 e. The first-order valence-corrected chi connectivity index (χ1v) is 5.48. The van der Waals surface area contributed by atoms with Gasteiger partial charge in [-0.25, -0.2) is 4.79 Å². The number of benzene rings is 1. The third kappa shape index (κ3) is 4.71. The van der Waals surface area contributed by atoms with Crippen molar-refractivity contribution in [1.82, 2.24) is 0 Å². The summed E-state index contributed by atoms with van der Waals surface area (Å²) in [7, 11) is 0. The summed E-state index contributed by atoms with van der Waals surface area (Å²) in [5, 5.41) is 8.97. The minimum atomic E-state index is -0.828. The lowest BCUT2D eigenvalue weighted by atomic mass is 10.1. The highest BCUT2D eigenvalue weighted by atomic mass is 16.7. The Morgan fingerprint density at radius 1 is 1.28 bits per heavy atom. The van der Waals surface area contributed by atoms with Crippen molar-refractivity contribution in [2.24, 2.45) is 0 Å². The quantitative estimate of drug-likeness (QED) is 0.454. The van der Waals surface area contributed by atoms with Crippen LogP contribution >= 0.6 is 0 Å². The van der Waals surface area contributed by atoms with Crippen LogP contribution in [0.3, 0.4) is 0 Å². The summed E-state index contributed by atoms with van der Waals surface area (Å²) in [5.41, 5.74) is 0.329.